The highest BCUT2D eigenvalue weighted by atomic mass is 16.5. The molecule has 2 N–H and O–H groups in total. The lowest BCUT2D eigenvalue weighted by Gasteiger charge is -2.13. The molecule has 0 spiro atoms. The summed E-state index contributed by atoms with van der Waals surface area (Å²) in [6.45, 7) is 1.03. The van der Waals surface area contributed by atoms with E-state index in [1.165, 1.54) is 0 Å². The van der Waals surface area contributed by atoms with Gasteiger partial charge in [-0.2, -0.15) is 0 Å². The van der Waals surface area contributed by atoms with Crippen molar-refractivity contribution in [3.05, 3.63) is 59.7 Å². The number of nitrogens with one attached hydrogen (secondary N) is 2. The Morgan fingerprint density at radius 3 is 2.43 bits per heavy atom. The third kappa shape index (κ3) is 4.92. The summed E-state index contributed by atoms with van der Waals surface area (Å²) < 4.78 is 10.6. The van der Waals surface area contributed by atoms with E-state index in [4.69, 9.17) is 9.47 Å². The minimum atomic E-state index is -0.185. The number of benzene rings is 2. The molecular weight excluding hydrogens is 292 g/mol. The predicted molar refractivity (Wildman–Crippen MR) is 89.9 cm³/mol. The monoisotopic (exact) mass is 314 g/mol. The normalized spacial score (nSPS) is 10.0. The van der Waals surface area contributed by atoms with Gasteiger partial charge in [-0.05, 0) is 23.6 Å². The van der Waals surface area contributed by atoms with Crippen molar-refractivity contribution in [2.24, 2.45) is 0 Å². The molecule has 0 bridgehead atoms. The number of para-hydroxylation sites is 1. The van der Waals surface area contributed by atoms with Crippen LogP contribution >= 0.6 is 0 Å². The van der Waals surface area contributed by atoms with Crippen molar-refractivity contribution in [2.75, 3.05) is 20.8 Å². The Morgan fingerprint density at radius 2 is 1.74 bits per heavy atom. The molecule has 0 unspecified atom stereocenters. The molecule has 0 atom stereocenters. The summed E-state index contributed by atoms with van der Waals surface area (Å²) in [7, 11) is 3.22. The fraction of sp³-hybridized carbons (Fsp3) is 0.278. The lowest BCUT2D eigenvalue weighted by molar-refractivity contribution is 0.240. The van der Waals surface area contributed by atoms with Gasteiger partial charge in [0.2, 0.25) is 0 Å². The van der Waals surface area contributed by atoms with Gasteiger partial charge >= 0.3 is 6.03 Å². The van der Waals surface area contributed by atoms with Gasteiger partial charge < -0.3 is 20.1 Å². The fourth-order valence-corrected chi connectivity index (χ4v) is 2.30. The summed E-state index contributed by atoms with van der Waals surface area (Å²) in [5.41, 5.74) is 2.06. The Kier molecular flexibility index (Phi) is 6.29. The second-order valence-electron chi connectivity index (χ2n) is 5.00. The van der Waals surface area contributed by atoms with E-state index < -0.39 is 0 Å². The van der Waals surface area contributed by atoms with E-state index in [0.29, 0.717) is 31.0 Å². The number of hydrogen-bond donors (Lipinski definition) is 2. The van der Waals surface area contributed by atoms with Crippen molar-refractivity contribution in [1.82, 2.24) is 10.6 Å². The molecule has 2 amide bonds. The third-order valence-electron chi connectivity index (χ3n) is 3.46. The minimum absolute atomic E-state index is 0.185. The van der Waals surface area contributed by atoms with E-state index in [2.05, 4.69) is 10.6 Å². The van der Waals surface area contributed by atoms with E-state index >= 15 is 0 Å². The SMILES string of the molecule is COc1cccc(CCNC(=O)NCc2ccccc2)c1OC. The van der Waals surface area contributed by atoms with Crippen molar-refractivity contribution < 1.29 is 14.3 Å². The summed E-state index contributed by atoms with van der Waals surface area (Å²) in [6, 6.07) is 15.3. The number of rotatable bonds is 7. The van der Waals surface area contributed by atoms with Gasteiger partial charge in [-0.25, -0.2) is 4.79 Å². The fourth-order valence-electron chi connectivity index (χ4n) is 2.30. The number of urea groups is 1. The van der Waals surface area contributed by atoms with Gasteiger partial charge in [0.05, 0.1) is 14.2 Å². The number of carbonyl (C=O) groups excluding carboxylic acids is 1. The highest BCUT2D eigenvalue weighted by molar-refractivity contribution is 5.73. The average molecular weight is 314 g/mol. The Morgan fingerprint density at radius 1 is 0.957 bits per heavy atom. The summed E-state index contributed by atoms with van der Waals surface area (Å²) >= 11 is 0. The zero-order valence-electron chi connectivity index (χ0n) is 13.5. The first-order valence-electron chi connectivity index (χ1n) is 7.50. The molecule has 5 heteroatoms. The highest BCUT2D eigenvalue weighted by Gasteiger charge is 2.09. The van der Waals surface area contributed by atoms with Gasteiger partial charge in [0.15, 0.2) is 11.5 Å². The maximum Gasteiger partial charge on any atom is 0.315 e. The molecule has 0 heterocycles. The van der Waals surface area contributed by atoms with Gasteiger partial charge in [0.1, 0.15) is 0 Å². The van der Waals surface area contributed by atoms with Crippen molar-refractivity contribution in [3.8, 4) is 11.5 Å². The summed E-state index contributed by atoms with van der Waals surface area (Å²) in [5, 5.41) is 5.67. The molecule has 0 radical (unpaired) electrons. The predicted octanol–water partition coefficient (Wildman–Crippen LogP) is 2.75. The number of methoxy groups -OCH3 is 2. The lowest BCUT2D eigenvalue weighted by Crippen LogP contribution is -2.36. The Bertz CT molecular complexity index is 629. The summed E-state index contributed by atoms with van der Waals surface area (Å²) in [6.07, 6.45) is 0.666. The molecule has 2 rings (SSSR count). The highest BCUT2D eigenvalue weighted by Crippen LogP contribution is 2.30. The topological polar surface area (TPSA) is 59.6 Å². The van der Waals surface area contributed by atoms with E-state index in [1.54, 1.807) is 14.2 Å². The van der Waals surface area contributed by atoms with Crippen LogP contribution in [0.1, 0.15) is 11.1 Å². The Hall–Kier alpha value is -2.69. The second kappa shape index (κ2) is 8.68. The minimum Gasteiger partial charge on any atom is -0.493 e. The first-order valence-corrected chi connectivity index (χ1v) is 7.50. The van der Waals surface area contributed by atoms with Crippen molar-refractivity contribution in [1.29, 1.82) is 0 Å². The van der Waals surface area contributed by atoms with E-state index in [9.17, 15) is 4.79 Å². The third-order valence-corrected chi connectivity index (χ3v) is 3.46. The van der Waals surface area contributed by atoms with Gasteiger partial charge in [0, 0.05) is 13.1 Å². The van der Waals surface area contributed by atoms with Crippen LogP contribution in [0.15, 0.2) is 48.5 Å². The van der Waals surface area contributed by atoms with Gasteiger partial charge in [-0.3, -0.25) is 0 Å². The smallest absolute Gasteiger partial charge is 0.315 e. The molecule has 0 saturated heterocycles. The maximum atomic E-state index is 11.8. The number of carbonyl (C=O) groups is 1. The van der Waals surface area contributed by atoms with Crippen LogP contribution < -0.4 is 20.1 Å². The molecule has 122 valence electrons. The number of hydrogen-bond acceptors (Lipinski definition) is 3. The first-order chi connectivity index (χ1) is 11.2. The van der Waals surface area contributed by atoms with Crippen LogP contribution in [0.4, 0.5) is 4.79 Å². The molecule has 0 aromatic heterocycles. The molecule has 0 aliphatic rings. The Labute approximate surface area is 136 Å². The van der Waals surface area contributed by atoms with Crippen LogP contribution in [-0.2, 0) is 13.0 Å². The molecule has 0 fully saturated rings. The van der Waals surface area contributed by atoms with Crippen LogP contribution in [0.2, 0.25) is 0 Å². The summed E-state index contributed by atoms with van der Waals surface area (Å²) in [5.74, 6) is 1.40. The lowest BCUT2D eigenvalue weighted by atomic mass is 10.1. The number of ether oxygens (including phenoxy) is 2. The van der Waals surface area contributed by atoms with Crippen LogP contribution in [0.25, 0.3) is 0 Å². The molecule has 2 aromatic rings. The maximum absolute atomic E-state index is 11.8. The van der Waals surface area contributed by atoms with Gasteiger partial charge in [-0.15, -0.1) is 0 Å². The zero-order chi connectivity index (χ0) is 16.5. The molecule has 23 heavy (non-hydrogen) atoms. The van der Waals surface area contributed by atoms with Crippen molar-refractivity contribution >= 4 is 6.03 Å². The molecule has 5 nitrogen and oxygen atoms in total. The number of amides is 2. The zero-order valence-corrected chi connectivity index (χ0v) is 13.5. The molecule has 0 aliphatic carbocycles. The van der Waals surface area contributed by atoms with Gasteiger partial charge in [0.25, 0.3) is 0 Å². The van der Waals surface area contributed by atoms with Crippen LogP contribution in [0, 0.1) is 0 Å². The van der Waals surface area contributed by atoms with Crippen molar-refractivity contribution in [2.45, 2.75) is 13.0 Å². The Balaban J connectivity index is 1.79. The van der Waals surface area contributed by atoms with Crippen LogP contribution in [-0.4, -0.2) is 26.8 Å². The van der Waals surface area contributed by atoms with Crippen LogP contribution in [0.3, 0.4) is 0 Å². The first kappa shape index (κ1) is 16.7. The quantitative estimate of drug-likeness (QED) is 0.826. The molecule has 2 aromatic carbocycles. The summed E-state index contributed by atoms with van der Waals surface area (Å²) in [4.78, 5) is 11.8. The second-order valence-corrected chi connectivity index (χ2v) is 5.00. The van der Waals surface area contributed by atoms with Gasteiger partial charge in [-0.1, -0.05) is 42.5 Å². The molecule has 0 aliphatic heterocycles. The average Bonchev–Trinajstić information content (AvgIpc) is 2.60. The van der Waals surface area contributed by atoms with E-state index in [0.717, 1.165) is 11.1 Å². The van der Waals surface area contributed by atoms with E-state index in [-0.39, 0.29) is 6.03 Å². The molecule has 0 saturated carbocycles. The standard InChI is InChI=1S/C18H22N2O3/c1-22-16-10-6-9-15(17(16)23-2)11-12-19-18(21)20-13-14-7-4-3-5-8-14/h3-10H,11-13H2,1-2H3,(H2,19,20,21). The van der Waals surface area contributed by atoms with Crippen molar-refractivity contribution in [3.63, 3.8) is 0 Å². The van der Waals surface area contributed by atoms with Crippen LogP contribution in [0.5, 0.6) is 11.5 Å². The molecular formula is C18H22N2O3. The largest absolute Gasteiger partial charge is 0.493 e. The van der Waals surface area contributed by atoms with E-state index in [1.807, 2.05) is 48.5 Å².